The summed E-state index contributed by atoms with van der Waals surface area (Å²) in [5.41, 5.74) is 2.32. The molecule has 7 heteroatoms. The fourth-order valence-corrected chi connectivity index (χ4v) is 10.3. The number of carbonyl (C=O) groups is 1. The number of rotatable bonds is 11. The minimum Gasteiger partial charge on any atom is -0.507 e. The third kappa shape index (κ3) is 6.20. The van der Waals surface area contributed by atoms with E-state index in [1.165, 1.54) is 51.4 Å². The number of aliphatic hydroxyl groups excluding tert-OH is 2. The topological polar surface area (TPSA) is 105 Å². The van der Waals surface area contributed by atoms with Crippen molar-refractivity contribution in [3.05, 3.63) is 35.1 Å². The highest BCUT2D eigenvalue weighted by molar-refractivity contribution is 5.92. The largest absolute Gasteiger partial charge is 0.507 e. The van der Waals surface area contributed by atoms with E-state index in [4.69, 9.17) is 14.2 Å². The molecule has 2 unspecified atom stereocenters. The Morgan fingerprint density at radius 3 is 2.52 bits per heavy atom. The van der Waals surface area contributed by atoms with Crippen LogP contribution in [0.25, 0.3) is 0 Å². The molecule has 0 heterocycles. The Hall–Kier alpha value is -1.67. The molecular weight excluding hydrogens is 556 g/mol. The van der Waals surface area contributed by atoms with Crippen LogP contribution in [0.3, 0.4) is 0 Å². The third-order valence-electron chi connectivity index (χ3n) is 12.9. The van der Waals surface area contributed by atoms with Crippen LogP contribution in [0.1, 0.15) is 105 Å². The minimum atomic E-state index is -2.27. The number of aliphatic hydroxyl groups is 3. The van der Waals surface area contributed by atoms with Crippen LogP contribution in [0.15, 0.2) is 35.1 Å². The summed E-state index contributed by atoms with van der Waals surface area (Å²) in [6.45, 7) is 12.8. The van der Waals surface area contributed by atoms with Crippen LogP contribution in [0.2, 0.25) is 0 Å². The summed E-state index contributed by atoms with van der Waals surface area (Å²) in [4.78, 5) is 12.5. The van der Waals surface area contributed by atoms with Gasteiger partial charge in [0.1, 0.15) is 12.7 Å². The summed E-state index contributed by atoms with van der Waals surface area (Å²) in [7, 11) is 1.16. The van der Waals surface area contributed by atoms with E-state index in [9.17, 15) is 20.1 Å². The van der Waals surface area contributed by atoms with Crippen molar-refractivity contribution in [1.29, 1.82) is 0 Å². The van der Waals surface area contributed by atoms with Crippen LogP contribution >= 0.6 is 0 Å². The van der Waals surface area contributed by atoms with Gasteiger partial charge in [0, 0.05) is 7.11 Å². The van der Waals surface area contributed by atoms with Gasteiger partial charge in [-0.05, 0) is 110 Å². The van der Waals surface area contributed by atoms with Crippen molar-refractivity contribution < 1.29 is 34.3 Å². The standard InChI is InChI=1S/C37H58O7/c1-23(2)8-7-9-24(3)29-12-13-30-28-11-10-26-22-27(14-16-35(26,4)31(28)15-17-36(29,30)5)43-18-19-44-34(40)25-20-32(38)37(41,42-6)33(39)21-25/h10,20-21,23-24,27-32,38-39,41H,7-9,11-19,22H2,1-6H3/t24-,27+,28+,29-,30+,31+,32?,35+,36-,37?/m1/s1. The lowest BCUT2D eigenvalue weighted by molar-refractivity contribution is -0.221. The van der Waals surface area contributed by atoms with Gasteiger partial charge >= 0.3 is 5.97 Å². The minimum absolute atomic E-state index is 0.0372. The van der Waals surface area contributed by atoms with Crippen LogP contribution in [-0.4, -0.2) is 59.6 Å². The van der Waals surface area contributed by atoms with Crippen molar-refractivity contribution in [2.24, 2.45) is 46.3 Å². The first-order chi connectivity index (χ1) is 20.8. The molecule has 44 heavy (non-hydrogen) atoms. The Labute approximate surface area is 265 Å². The first-order valence-corrected chi connectivity index (χ1v) is 17.4. The number of hydrogen-bond acceptors (Lipinski definition) is 7. The first kappa shape index (κ1) is 33.7. The van der Waals surface area contributed by atoms with Crippen molar-refractivity contribution in [2.45, 2.75) is 123 Å². The van der Waals surface area contributed by atoms with Gasteiger partial charge in [0.15, 0.2) is 5.76 Å². The highest BCUT2D eigenvalue weighted by atomic mass is 16.6. The van der Waals surface area contributed by atoms with Gasteiger partial charge in [-0.3, -0.25) is 0 Å². The number of esters is 1. The van der Waals surface area contributed by atoms with Crippen LogP contribution in [-0.2, 0) is 19.0 Å². The normalized spacial score (nSPS) is 40.7. The molecule has 3 fully saturated rings. The maximum absolute atomic E-state index is 12.5. The number of hydrogen-bond donors (Lipinski definition) is 3. The van der Waals surface area contributed by atoms with Gasteiger partial charge in [0.25, 0.3) is 5.79 Å². The van der Waals surface area contributed by atoms with E-state index in [0.29, 0.717) is 5.41 Å². The predicted molar refractivity (Wildman–Crippen MR) is 171 cm³/mol. The molecule has 5 aliphatic rings. The van der Waals surface area contributed by atoms with Crippen LogP contribution in [0.5, 0.6) is 0 Å². The second-order valence-electron chi connectivity index (χ2n) is 15.7. The second kappa shape index (κ2) is 13.2. The average molecular weight is 615 g/mol. The zero-order chi connectivity index (χ0) is 31.9. The molecule has 0 aromatic carbocycles. The Kier molecular flexibility index (Phi) is 10.1. The number of methoxy groups -OCH3 is 1. The fraction of sp³-hybridized carbons (Fsp3) is 0.811. The molecule has 0 amide bonds. The molecule has 10 atom stereocenters. The average Bonchev–Trinajstić information content (AvgIpc) is 3.34. The molecule has 0 bridgehead atoms. The van der Waals surface area contributed by atoms with E-state index in [1.54, 1.807) is 5.57 Å². The zero-order valence-electron chi connectivity index (χ0n) is 28.0. The Balaban J connectivity index is 1.12. The van der Waals surface area contributed by atoms with Crippen LogP contribution < -0.4 is 0 Å². The van der Waals surface area contributed by atoms with Crippen molar-refractivity contribution in [3.8, 4) is 0 Å². The zero-order valence-corrected chi connectivity index (χ0v) is 28.0. The molecule has 0 aliphatic heterocycles. The Morgan fingerprint density at radius 2 is 1.82 bits per heavy atom. The summed E-state index contributed by atoms with van der Waals surface area (Å²) in [5.74, 6) is 1.36. The SMILES string of the molecule is COC1(O)C(O)=CC(C(=O)OCCO[C@H]2CC[C@@]3(C)C(=CC[C@H]4[C@@H]5CC[C@H]([C@H](C)CCCC(C)C)[C@@]5(C)CC[C@@H]43)C2)=CC1O. The van der Waals surface area contributed by atoms with Gasteiger partial charge < -0.3 is 29.5 Å². The van der Waals surface area contributed by atoms with Crippen LogP contribution in [0.4, 0.5) is 0 Å². The molecular formula is C37H58O7. The van der Waals surface area contributed by atoms with Gasteiger partial charge in [-0.15, -0.1) is 0 Å². The molecule has 3 N–H and O–H groups in total. The molecule has 0 aromatic rings. The molecule has 0 aromatic heterocycles. The predicted octanol–water partition coefficient (Wildman–Crippen LogP) is 7.03. The molecule has 5 rings (SSSR count). The lowest BCUT2D eigenvalue weighted by atomic mass is 9.47. The number of allylic oxidation sites excluding steroid dienone is 1. The number of fused-ring (bicyclic) bond motifs is 5. The monoisotopic (exact) mass is 614 g/mol. The number of ether oxygens (including phenoxy) is 3. The van der Waals surface area contributed by atoms with Gasteiger partial charge in [-0.1, -0.05) is 65.5 Å². The highest BCUT2D eigenvalue weighted by Crippen LogP contribution is 2.67. The lowest BCUT2D eigenvalue weighted by Crippen LogP contribution is -2.51. The summed E-state index contributed by atoms with van der Waals surface area (Å²) in [6, 6.07) is 0. The smallest absolute Gasteiger partial charge is 0.338 e. The quantitative estimate of drug-likeness (QED) is 0.0993. The lowest BCUT2D eigenvalue weighted by Gasteiger charge is -2.58. The van der Waals surface area contributed by atoms with E-state index >= 15 is 0 Å². The fourth-order valence-electron chi connectivity index (χ4n) is 10.3. The van der Waals surface area contributed by atoms with E-state index in [2.05, 4.69) is 40.7 Å². The molecule has 0 saturated heterocycles. The second-order valence-corrected chi connectivity index (χ2v) is 15.7. The van der Waals surface area contributed by atoms with Gasteiger partial charge in [-0.25, -0.2) is 4.79 Å². The summed E-state index contributed by atoms with van der Waals surface area (Å²) in [5, 5.41) is 30.3. The van der Waals surface area contributed by atoms with Crippen molar-refractivity contribution in [1.82, 2.24) is 0 Å². The summed E-state index contributed by atoms with van der Waals surface area (Å²) < 4.78 is 16.3. The Bertz CT molecular complexity index is 1140. The maximum atomic E-state index is 12.5. The Morgan fingerprint density at radius 1 is 1.05 bits per heavy atom. The van der Waals surface area contributed by atoms with E-state index in [1.807, 2.05) is 0 Å². The third-order valence-corrected chi connectivity index (χ3v) is 12.9. The molecule has 0 spiro atoms. The van der Waals surface area contributed by atoms with Crippen LogP contribution in [0, 0.1) is 46.3 Å². The summed E-state index contributed by atoms with van der Waals surface area (Å²) in [6.07, 6.45) is 17.3. The molecule has 248 valence electrons. The van der Waals surface area contributed by atoms with E-state index < -0.39 is 23.6 Å². The molecule has 0 radical (unpaired) electrons. The highest BCUT2D eigenvalue weighted by Gasteiger charge is 2.59. The van der Waals surface area contributed by atoms with Crippen molar-refractivity contribution in [2.75, 3.05) is 20.3 Å². The van der Waals surface area contributed by atoms with E-state index in [0.717, 1.165) is 74.0 Å². The first-order valence-electron chi connectivity index (χ1n) is 17.4. The summed E-state index contributed by atoms with van der Waals surface area (Å²) >= 11 is 0. The molecule has 3 saturated carbocycles. The van der Waals surface area contributed by atoms with Gasteiger partial charge in [0.05, 0.1) is 18.3 Å². The van der Waals surface area contributed by atoms with Gasteiger partial charge in [0.2, 0.25) is 0 Å². The van der Waals surface area contributed by atoms with Gasteiger partial charge in [-0.2, -0.15) is 0 Å². The van der Waals surface area contributed by atoms with E-state index in [-0.39, 0.29) is 30.3 Å². The van der Waals surface area contributed by atoms with Crippen molar-refractivity contribution >= 4 is 5.97 Å². The number of carbonyl (C=O) groups excluding carboxylic acids is 1. The maximum Gasteiger partial charge on any atom is 0.338 e. The molecule has 5 aliphatic carbocycles. The van der Waals surface area contributed by atoms with Crippen molar-refractivity contribution in [3.63, 3.8) is 0 Å². The molecule has 7 nitrogen and oxygen atoms in total.